The van der Waals surface area contributed by atoms with Crippen LogP contribution in [-0.2, 0) is 9.59 Å². The van der Waals surface area contributed by atoms with Crippen molar-refractivity contribution in [3.63, 3.8) is 0 Å². The van der Waals surface area contributed by atoms with E-state index in [2.05, 4.69) is 27.7 Å². The highest BCUT2D eigenvalue weighted by molar-refractivity contribution is 6.46. The van der Waals surface area contributed by atoms with Crippen LogP contribution in [0.1, 0.15) is 40.5 Å². The third-order valence-electron chi connectivity index (χ3n) is 3.92. The summed E-state index contributed by atoms with van der Waals surface area (Å²) in [5, 5.41) is 0. The van der Waals surface area contributed by atoms with Crippen molar-refractivity contribution in [2.45, 2.75) is 40.5 Å². The van der Waals surface area contributed by atoms with E-state index in [1.54, 1.807) is 12.2 Å². The lowest BCUT2D eigenvalue weighted by atomic mass is 9.59. The first-order valence-electron chi connectivity index (χ1n) is 5.77. The minimum Gasteiger partial charge on any atom is -0.286 e. The Bertz CT molecular complexity index is 392. The zero-order valence-electron chi connectivity index (χ0n) is 10.4. The molecule has 2 aliphatic carbocycles. The molecule has 0 atom stereocenters. The van der Waals surface area contributed by atoms with Crippen molar-refractivity contribution in [2.24, 2.45) is 10.8 Å². The van der Waals surface area contributed by atoms with Gasteiger partial charge < -0.3 is 0 Å². The van der Waals surface area contributed by atoms with E-state index >= 15 is 0 Å². The van der Waals surface area contributed by atoms with E-state index in [9.17, 15) is 9.59 Å². The van der Waals surface area contributed by atoms with Crippen molar-refractivity contribution in [2.75, 3.05) is 0 Å². The molecule has 0 aromatic heterocycles. The Morgan fingerprint density at radius 2 is 1.12 bits per heavy atom. The van der Waals surface area contributed by atoms with Gasteiger partial charge in [0.15, 0.2) is 0 Å². The molecule has 0 bridgehead atoms. The number of hydrogen-bond acceptors (Lipinski definition) is 2. The molecule has 2 nitrogen and oxygen atoms in total. The van der Waals surface area contributed by atoms with Gasteiger partial charge in [0.05, 0.1) is 0 Å². The number of carbonyl (C=O) groups is 2. The van der Waals surface area contributed by atoms with Gasteiger partial charge >= 0.3 is 0 Å². The summed E-state index contributed by atoms with van der Waals surface area (Å²) in [5.74, 6) is -0.742. The van der Waals surface area contributed by atoms with Crippen LogP contribution in [0.25, 0.3) is 0 Å². The summed E-state index contributed by atoms with van der Waals surface area (Å²) in [6, 6.07) is 0. The molecule has 16 heavy (non-hydrogen) atoms. The minimum absolute atomic E-state index is 0.0116. The molecular formula is C14H18O2. The molecule has 86 valence electrons. The molecule has 1 fully saturated rings. The fraction of sp³-hybridized carbons (Fsp3) is 0.571. The summed E-state index contributed by atoms with van der Waals surface area (Å²) in [4.78, 5) is 23.0. The van der Waals surface area contributed by atoms with Crippen molar-refractivity contribution in [3.05, 3.63) is 23.3 Å². The molecule has 0 aromatic carbocycles. The maximum atomic E-state index is 11.5. The van der Waals surface area contributed by atoms with Crippen LogP contribution in [0, 0.1) is 10.8 Å². The standard InChI is InChI=1S/C14H18O2/c1-13(2)5-6-14(3,4)10-8-12(16)11(15)7-9(10)13/h7-8H,5-6H2,1-4H3. The van der Waals surface area contributed by atoms with Gasteiger partial charge in [-0.1, -0.05) is 27.7 Å². The normalized spacial score (nSPS) is 27.0. The van der Waals surface area contributed by atoms with E-state index in [0.717, 1.165) is 24.0 Å². The monoisotopic (exact) mass is 218 g/mol. The summed E-state index contributed by atoms with van der Waals surface area (Å²) in [7, 11) is 0. The second-order valence-electron chi connectivity index (χ2n) is 6.11. The summed E-state index contributed by atoms with van der Waals surface area (Å²) in [6.45, 7) is 8.58. The molecule has 0 N–H and O–H groups in total. The predicted molar refractivity (Wildman–Crippen MR) is 63.0 cm³/mol. The maximum Gasteiger partial charge on any atom is 0.226 e. The number of allylic oxidation sites excluding steroid dienone is 4. The van der Waals surface area contributed by atoms with Gasteiger partial charge in [0.2, 0.25) is 11.6 Å². The van der Waals surface area contributed by atoms with E-state index < -0.39 is 0 Å². The Kier molecular flexibility index (Phi) is 2.23. The molecule has 0 unspecified atom stereocenters. The third kappa shape index (κ3) is 1.57. The summed E-state index contributed by atoms with van der Waals surface area (Å²) in [5.41, 5.74) is 2.15. The topological polar surface area (TPSA) is 34.1 Å². The van der Waals surface area contributed by atoms with Crippen LogP contribution in [-0.4, -0.2) is 11.6 Å². The zero-order valence-corrected chi connectivity index (χ0v) is 10.4. The number of fused-ring (bicyclic) bond motifs is 1. The molecule has 0 heterocycles. The Morgan fingerprint density at radius 3 is 1.44 bits per heavy atom. The van der Waals surface area contributed by atoms with Crippen LogP contribution in [0.3, 0.4) is 0 Å². The molecule has 2 heteroatoms. The largest absolute Gasteiger partial charge is 0.286 e. The average Bonchev–Trinajstić information content (AvgIpc) is 2.17. The maximum absolute atomic E-state index is 11.5. The average molecular weight is 218 g/mol. The van der Waals surface area contributed by atoms with Crippen molar-refractivity contribution < 1.29 is 9.59 Å². The van der Waals surface area contributed by atoms with Crippen LogP contribution in [0.4, 0.5) is 0 Å². The third-order valence-corrected chi connectivity index (χ3v) is 3.92. The van der Waals surface area contributed by atoms with Crippen LogP contribution in [0.15, 0.2) is 23.3 Å². The zero-order chi connectivity index (χ0) is 12.1. The predicted octanol–water partition coefficient (Wildman–Crippen LogP) is 2.84. The Morgan fingerprint density at radius 1 is 0.812 bits per heavy atom. The first-order valence-corrected chi connectivity index (χ1v) is 5.77. The smallest absolute Gasteiger partial charge is 0.226 e. The highest BCUT2D eigenvalue weighted by Crippen LogP contribution is 2.52. The summed E-state index contributed by atoms with van der Waals surface area (Å²) < 4.78 is 0. The Labute approximate surface area is 96.4 Å². The van der Waals surface area contributed by atoms with E-state index in [4.69, 9.17) is 0 Å². The fourth-order valence-electron chi connectivity index (χ4n) is 2.57. The molecule has 2 aliphatic rings. The molecule has 0 amide bonds. The van der Waals surface area contributed by atoms with Crippen LogP contribution in [0.2, 0.25) is 0 Å². The van der Waals surface area contributed by atoms with E-state index in [-0.39, 0.29) is 22.4 Å². The lowest BCUT2D eigenvalue weighted by Gasteiger charge is -2.45. The van der Waals surface area contributed by atoms with Gasteiger partial charge in [0, 0.05) is 0 Å². The number of hydrogen-bond donors (Lipinski definition) is 0. The van der Waals surface area contributed by atoms with Gasteiger partial charge in [0.25, 0.3) is 0 Å². The molecule has 0 radical (unpaired) electrons. The van der Waals surface area contributed by atoms with Crippen molar-refractivity contribution in [1.82, 2.24) is 0 Å². The quantitative estimate of drug-likeness (QED) is 0.463. The molecular weight excluding hydrogens is 200 g/mol. The van der Waals surface area contributed by atoms with E-state index in [1.807, 2.05) is 0 Å². The van der Waals surface area contributed by atoms with Gasteiger partial charge in [-0.05, 0) is 47.0 Å². The number of ketones is 2. The second kappa shape index (κ2) is 3.16. The van der Waals surface area contributed by atoms with E-state index in [0.29, 0.717) is 0 Å². The molecule has 0 aromatic rings. The fourth-order valence-corrected chi connectivity index (χ4v) is 2.57. The van der Waals surface area contributed by atoms with Gasteiger partial charge in [0.1, 0.15) is 0 Å². The van der Waals surface area contributed by atoms with Crippen molar-refractivity contribution in [3.8, 4) is 0 Å². The molecule has 0 spiro atoms. The summed E-state index contributed by atoms with van der Waals surface area (Å²) >= 11 is 0. The Balaban J connectivity index is 2.57. The van der Waals surface area contributed by atoms with Gasteiger partial charge in [-0.2, -0.15) is 0 Å². The summed E-state index contributed by atoms with van der Waals surface area (Å²) in [6.07, 6.45) is 5.23. The second-order valence-corrected chi connectivity index (χ2v) is 6.11. The van der Waals surface area contributed by atoms with Crippen LogP contribution >= 0.6 is 0 Å². The SMILES string of the molecule is CC1(C)CCC(C)(C)C2=CC(=O)C(=O)C=C21. The highest BCUT2D eigenvalue weighted by atomic mass is 16.2. The number of rotatable bonds is 0. The van der Waals surface area contributed by atoms with E-state index in [1.165, 1.54) is 0 Å². The molecule has 0 saturated heterocycles. The van der Waals surface area contributed by atoms with Gasteiger partial charge in [-0.3, -0.25) is 9.59 Å². The number of carbonyl (C=O) groups excluding carboxylic acids is 2. The van der Waals surface area contributed by atoms with Crippen LogP contribution < -0.4 is 0 Å². The first-order chi connectivity index (χ1) is 7.24. The lowest BCUT2D eigenvalue weighted by Crippen LogP contribution is -2.35. The molecule has 0 aliphatic heterocycles. The highest BCUT2D eigenvalue weighted by Gasteiger charge is 2.42. The van der Waals surface area contributed by atoms with Crippen molar-refractivity contribution >= 4 is 11.6 Å². The Hall–Kier alpha value is -1.18. The van der Waals surface area contributed by atoms with Gasteiger partial charge in [-0.25, -0.2) is 0 Å². The van der Waals surface area contributed by atoms with Crippen LogP contribution in [0.5, 0.6) is 0 Å². The lowest BCUT2D eigenvalue weighted by molar-refractivity contribution is -0.131. The van der Waals surface area contributed by atoms with Crippen molar-refractivity contribution in [1.29, 1.82) is 0 Å². The first kappa shape index (κ1) is 11.3. The van der Waals surface area contributed by atoms with Gasteiger partial charge in [-0.15, -0.1) is 0 Å². The minimum atomic E-state index is -0.371. The molecule has 1 saturated carbocycles. The molecule has 2 rings (SSSR count).